The Morgan fingerprint density at radius 2 is 1.64 bits per heavy atom. The van der Waals surface area contributed by atoms with Gasteiger partial charge in [0.25, 0.3) is 0 Å². The number of carbonyl (C=O) groups is 1. The maximum Gasteiger partial charge on any atom is 0.511 e. The van der Waals surface area contributed by atoms with Gasteiger partial charge in [0, 0.05) is 0 Å². The highest BCUT2D eigenvalue weighted by Gasteiger charge is 2.56. The zero-order valence-corrected chi connectivity index (χ0v) is 12.6. The molecule has 132 valence electrons. The predicted molar refractivity (Wildman–Crippen MR) is 63.0 cm³/mol. The molecule has 0 radical (unpaired) electrons. The monoisotopic (exact) mass is 359 g/mol. The highest BCUT2D eigenvalue weighted by atomic mass is 32.2. The largest absolute Gasteiger partial charge is 0.511 e. The van der Waals surface area contributed by atoms with Gasteiger partial charge in [0.1, 0.15) is 6.61 Å². The van der Waals surface area contributed by atoms with Crippen molar-refractivity contribution in [1.29, 1.82) is 0 Å². The van der Waals surface area contributed by atoms with Crippen molar-refractivity contribution in [2.45, 2.75) is 44.9 Å². The Hall–Kier alpha value is -1.04. The first-order chi connectivity index (χ1) is 9.58. The summed E-state index contributed by atoms with van der Waals surface area (Å²) in [5, 5.41) is 0. The molecule has 2 atom stereocenters. The molecule has 0 spiro atoms. The van der Waals surface area contributed by atoms with E-state index in [1.54, 1.807) is 0 Å². The molecule has 0 fully saturated rings. The molecule has 2 unspecified atom stereocenters. The van der Waals surface area contributed by atoms with Gasteiger partial charge in [-0.2, -0.15) is 26.3 Å². The van der Waals surface area contributed by atoms with Gasteiger partial charge in [-0.1, -0.05) is 6.92 Å². The van der Waals surface area contributed by atoms with E-state index in [2.05, 4.69) is 4.74 Å². The molecular formula is C10H15F6NO4S. The molecule has 0 aromatic heterocycles. The number of nitrogens with one attached hydrogen (secondary N) is 1. The number of ether oxygens (including phenoxy) is 1. The van der Waals surface area contributed by atoms with Crippen LogP contribution >= 0.6 is 0 Å². The summed E-state index contributed by atoms with van der Waals surface area (Å²) in [7, 11) is -5.68. The normalized spacial score (nSPS) is 17.7. The smallest absolute Gasteiger partial charge is 0.463 e. The van der Waals surface area contributed by atoms with E-state index in [4.69, 9.17) is 0 Å². The van der Waals surface area contributed by atoms with Crippen LogP contribution < -0.4 is 4.72 Å². The summed E-state index contributed by atoms with van der Waals surface area (Å²) in [5.41, 5.74) is -8.40. The van der Waals surface area contributed by atoms with E-state index < -0.39 is 52.2 Å². The summed E-state index contributed by atoms with van der Waals surface area (Å²) in [6.07, 6.45) is -5.55. The summed E-state index contributed by atoms with van der Waals surface area (Å²) >= 11 is 0. The van der Waals surface area contributed by atoms with Gasteiger partial charge < -0.3 is 4.74 Å². The van der Waals surface area contributed by atoms with Crippen LogP contribution in [-0.2, 0) is 19.6 Å². The van der Waals surface area contributed by atoms with Crippen LogP contribution in [0.25, 0.3) is 0 Å². The fraction of sp³-hybridized carbons (Fsp3) is 0.900. The average molecular weight is 359 g/mol. The van der Waals surface area contributed by atoms with Crippen molar-refractivity contribution in [3.8, 4) is 0 Å². The van der Waals surface area contributed by atoms with Crippen molar-refractivity contribution in [1.82, 2.24) is 4.72 Å². The van der Waals surface area contributed by atoms with Crippen LogP contribution in [0.4, 0.5) is 26.3 Å². The number of halogens is 6. The van der Waals surface area contributed by atoms with Crippen molar-refractivity contribution in [2.24, 2.45) is 5.41 Å². The Labute approximate surface area is 123 Å². The minimum absolute atomic E-state index is 0.583. The highest BCUT2D eigenvalue weighted by molar-refractivity contribution is 7.90. The first-order valence-electron chi connectivity index (χ1n) is 5.91. The lowest BCUT2D eigenvalue weighted by Gasteiger charge is -2.29. The lowest BCUT2D eigenvalue weighted by Crippen LogP contribution is -2.46. The zero-order valence-electron chi connectivity index (χ0n) is 11.8. The Balaban J connectivity index is 4.80. The predicted octanol–water partition coefficient (Wildman–Crippen LogP) is 2.34. The van der Waals surface area contributed by atoms with E-state index in [0.29, 0.717) is 6.92 Å². The van der Waals surface area contributed by atoms with Crippen LogP contribution in [0.5, 0.6) is 0 Å². The second-order valence-electron chi connectivity index (χ2n) is 4.75. The molecule has 12 heteroatoms. The molecule has 0 saturated carbocycles. The minimum atomic E-state index is -5.68. The lowest BCUT2D eigenvalue weighted by atomic mass is 9.87. The van der Waals surface area contributed by atoms with Gasteiger partial charge in [-0.05, 0) is 20.3 Å². The standard InChI is InChI=1S/C10H15F6NO4S/c1-4-8(3,9(11,12)13)7(18)21-5-6(2)17-22(19,20)10(14,15)16/h6,17H,4-5H2,1-3H3. The van der Waals surface area contributed by atoms with Crippen molar-refractivity contribution in [2.75, 3.05) is 6.61 Å². The summed E-state index contributed by atoms with van der Waals surface area (Å²) in [4.78, 5) is 11.5. The van der Waals surface area contributed by atoms with Gasteiger partial charge in [-0.25, -0.2) is 13.1 Å². The van der Waals surface area contributed by atoms with Crippen LogP contribution in [0.1, 0.15) is 27.2 Å². The van der Waals surface area contributed by atoms with Crippen molar-refractivity contribution >= 4 is 16.0 Å². The van der Waals surface area contributed by atoms with Crippen LogP contribution in [0.15, 0.2) is 0 Å². The third-order valence-corrected chi connectivity index (χ3v) is 4.23. The Morgan fingerprint density at radius 3 is 1.95 bits per heavy atom. The number of rotatable bonds is 6. The SMILES string of the molecule is CCC(C)(C(=O)OCC(C)NS(=O)(=O)C(F)(F)F)C(F)(F)F. The molecule has 0 saturated heterocycles. The molecular weight excluding hydrogens is 344 g/mol. The molecule has 1 N–H and O–H groups in total. The molecule has 0 aliphatic rings. The van der Waals surface area contributed by atoms with Crippen molar-refractivity contribution < 1.29 is 44.3 Å². The molecule has 0 heterocycles. The van der Waals surface area contributed by atoms with E-state index in [1.165, 1.54) is 0 Å². The van der Waals surface area contributed by atoms with Crippen LogP contribution in [0.2, 0.25) is 0 Å². The number of alkyl halides is 6. The van der Waals surface area contributed by atoms with E-state index in [1.807, 2.05) is 0 Å². The number of hydrogen-bond acceptors (Lipinski definition) is 4. The Morgan fingerprint density at radius 1 is 1.18 bits per heavy atom. The van der Waals surface area contributed by atoms with Crippen LogP contribution in [0, 0.1) is 5.41 Å². The topological polar surface area (TPSA) is 72.5 Å². The van der Waals surface area contributed by atoms with Crippen LogP contribution in [-0.4, -0.2) is 38.7 Å². The van der Waals surface area contributed by atoms with E-state index in [9.17, 15) is 39.6 Å². The number of sulfonamides is 1. The number of esters is 1. The van der Waals surface area contributed by atoms with E-state index in [-0.39, 0.29) is 0 Å². The zero-order chi connectivity index (χ0) is 18.0. The first kappa shape index (κ1) is 21.0. The molecule has 0 aromatic rings. The first-order valence-corrected chi connectivity index (χ1v) is 7.39. The highest BCUT2D eigenvalue weighted by Crippen LogP contribution is 2.41. The summed E-state index contributed by atoms with van der Waals surface area (Å²) < 4.78 is 101. The van der Waals surface area contributed by atoms with Gasteiger partial charge in [-0.15, -0.1) is 0 Å². The summed E-state index contributed by atoms with van der Waals surface area (Å²) in [6.45, 7) is 1.61. The van der Waals surface area contributed by atoms with E-state index in [0.717, 1.165) is 18.6 Å². The summed E-state index contributed by atoms with van der Waals surface area (Å²) in [6, 6.07) is -1.55. The third-order valence-electron chi connectivity index (χ3n) is 2.91. The van der Waals surface area contributed by atoms with Crippen molar-refractivity contribution in [3.05, 3.63) is 0 Å². The van der Waals surface area contributed by atoms with Crippen LogP contribution in [0.3, 0.4) is 0 Å². The van der Waals surface area contributed by atoms with Gasteiger partial charge in [-0.3, -0.25) is 4.79 Å². The van der Waals surface area contributed by atoms with Gasteiger partial charge in [0.15, 0.2) is 5.41 Å². The minimum Gasteiger partial charge on any atom is -0.463 e. The number of hydrogen-bond donors (Lipinski definition) is 1. The summed E-state index contributed by atoms with van der Waals surface area (Å²) in [5.74, 6) is -1.69. The molecule has 22 heavy (non-hydrogen) atoms. The molecule has 0 aliphatic carbocycles. The quantitative estimate of drug-likeness (QED) is 0.584. The average Bonchev–Trinajstić information content (AvgIpc) is 2.31. The second-order valence-corrected chi connectivity index (χ2v) is 6.46. The van der Waals surface area contributed by atoms with E-state index >= 15 is 0 Å². The molecule has 0 aromatic carbocycles. The molecule has 0 bridgehead atoms. The fourth-order valence-corrected chi connectivity index (χ4v) is 1.92. The second kappa shape index (κ2) is 6.60. The Kier molecular flexibility index (Phi) is 6.29. The maximum absolute atomic E-state index is 12.7. The van der Waals surface area contributed by atoms with Gasteiger partial charge in [0.2, 0.25) is 0 Å². The maximum atomic E-state index is 12.7. The Bertz CT molecular complexity index is 501. The molecule has 0 amide bonds. The van der Waals surface area contributed by atoms with Crippen molar-refractivity contribution in [3.63, 3.8) is 0 Å². The van der Waals surface area contributed by atoms with Gasteiger partial charge in [0.05, 0.1) is 6.04 Å². The number of carbonyl (C=O) groups excluding carboxylic acids is 1. The fourth-order valence-electron chi connectivity index (χ4n) is 1.19. The molecule has 0 rings (SSSR count). The molecule has 0 aliphatic heterocycles. The van der Waals surface area contributed by atoms with Gasteiger partial charge >= 0.3 is 27.7 Å². The lowest BCUT2D eigenvalue weighted by molar-refractivity contribution is -0.230. The molecule has 5 nitrogen and oxygen atoms in total. The third kappa shape index (κ3) is 4.73.